The van der Waals surface area contributed by atoms with Gasteiger partial charge in [0, 0.05) is 25.8 Å². The molecule has 0 aliphatic carbocycles. The Morgan fingerprint density at radius 3 is 2.31 bits per heavy atom. The van der Waals surface area contributed by atoms with Crippen LogP contribution in [0.15, 0.2) is 30.3 Å². The molecule has 16 heavy (non-hydrogen) atoms. The maximum Gasteiger partial charge on any atom is 0 e. The van der Waals surface area contributed by atoms with Crippen molar-refractivity contribution < 1.29 is 50.7 Å². The predicted octanol–water partition coefficient (Wildman–Crippen LogP) is -2.00. The number of benzene rings is 1. The number of rotatable bonds is 1. The minimum Gasteiger partial charge on any atom is -1.00 e. The monoisotopic (exact) mass is 421 g/mol. The van der Waals surface area contributed by atoms with E-state index >= 15 is 0 Å². The summed E-state index contributed by atoms with van der Waals surface area (Å²) < 4.78 is 0. The van der Waals surface area contributed by atoms with E-state index < -0.39 is 0 Å². The second kappa shape index (κ2) is 7.58. The molecule has 0 saturated heterocycles. The number of aryl methyl sites for hydroxylation is 1. The van der Waals surface area contributed by atoms with E-state index in [0.717, 1.165) is 0 Å². The van der Waals surface area contributed by atoms with Crippen molar-refractivity contribution in [1.82, 2.24) is 0 Å². The van der Waals surface area contributed by atoms with Crippen molar-refractivity contribution in [1.29, 1.82) is 0 Å². The molecule has 0 nitrogen and oxygen atoms in total. The SMILES string of the molecule is Cc1cc2c(C(C)C)cccc2[cH-]1.[Cl-].[Cl-].[Hf]. The molecule has 0 saturated carbocycles. The first-order chi connectivity index (χ1) is 6.18. The van der Waals surface area contributed by atoms with Crippen molar-refractivity contribution in [3.05, 3.63) is 41.5 Å². The summed E-state index contributed by atoms with van der Waals surface area (Å²) in [4.78, 5) is 0. The van der Waals surface area contributed by atoms with Gasteiger partial charge in [-0.2, -0.15) is 6.07 Å². The van der Waals surface area contributed by atoms with Crippen LogP contribution in [-0.4, -0.2) is 0 Å². The largest absolute Gasteiger partial charge is 1.00 e. The fourth-order valence-corrected chi connectivity index (χ4v) is 1.91. The molecule has 2 rings (SSSR count). The normalized spacial score (nSPS) is 9.25. The van der Waals surface area contributed by atoms with Crippen molar-refractivity contribution >= 4 is 10.8 Å². The van der Waals surface area contributed by atoms with Crippen molar-refractivity contribution in [3.63, 3.8) is 0 Å². The summed E-state index contributed by atoms with van der Waals surface area (Å²) in [6, 6.07) is 11.1. The molecule has 0 aliphatic rings. The second-order valence-corrected chi connectivity index (χ2v) is 4.04. The maximum absolute atomic E-state index is 2.28. The number of hydrogen-bond donors (Lipinski definition) is 0. The van der Waals surface area contributed by atoms with Crippen LogP contribution in [0.4, 0.5) is 0 Å². The molecule has 0 radical (unpaired) electrons. The molecular formula is C13H15Cl2Hf-3. The van der Waals surface area contributed by atoms with Crippen LogP contribution in [0.25, 0.3) is 10.8 Å². The van der Waals surface area contributed by atoms with Gasteiger partial charge in [-0.05, 0) is 5.92 Å². The summed E-state index contributed by atoms with van der Waals surface area (Å²) in [6.45, 7) is 6.65. The van der Waals surface area contributed by atoms with E-state index in [1.165, 1.54) is 21.9 Å². The Hall–Kier alpha value is 0.280. The minimum atomic E-state index is 0. The van der Waals surface area contributed by atoms with Gasteiger partial charge in [-0.25, -0.2) is 0 Å². The average molecular weight is 421 g/mol. The molecule has 0 aliphatic heterocycles. The topological polar surface area (TPSA) is 0 Å². The second-order valence-electron chi connectivity index (χ2n) is 4.04. The molecular weight excluding hydrogens is 406 g/mol. The smallest absolute Gasteiger partial charge is 0 e. The van der Waals surface area contributed by atoms with Crippen LogP contribution < -0.4 is 24.8 Å². The summed E-state index contributed by atoms with van der Waals surface area (Å²) in [5.41, 5.74) is 2.83. The minimum absolute atomic E-state index is 0. The van der Waals surface area contributed by atoms with Gasteiger partial charge in [0.15, 0.2) is 0 Å². The molecule has 0 fully saturated rings. The predicted molar refractivity (Wildman–Crippen MR) is 58.4 cm³/mol. The van der Waals surface area contributed by atoms with E-state index in [0.29, 0.717) is 5.92 Å². The van der Waals surface area contributed by atoms with Crippen LogP contribution in [-0.2, 0) is 25.8 Å². The third-order valence-corrected chi connectivity index (χ3v) is 2.55. The molecule has 2 aromatic rings. The van der Waals surface area contributed by atoms with Gasteiger partial charge in [-0.3, -0.25) is 0 Å². The Morgan fingerprint density at radius 1 is 1.12 bits per heavy atom. The molecule has 88 valence electrons. The first-order valence-corrected chi connectivity index (χ1v) is 4.84. The third-order valence-electron chi connectivity index (χ3n) is 2.55. The van der Waals surface area contributed by atoms with E-state index in [-0.39, 0.29) is 50.7 Å². The van der Waals surface area contributed by atoms with Gasteiger partial charge in [0.25, 0.3) is 0 Å². The number of halogens is 2. The van der Waals surface area contributed by atoms with E-state index in [1.807, 2.05) is 0 Å². The standard InChI is InChI=1S/C13H15.2ClH.Hf/c1-9(2)12-6-4-5-11-7-10(3)8-13(11)12;;;/h4-9H,1-3H3;2*1H;/q-1;;;/p-2. The van der Waals surface area contributed by atoms with Gasteiger partial charge in [0.1, 0.15) is 0 Å². The van der Waals surface area contributed by atoms with E-state index in [9.17, 15) is 0 Å². The molecule has 0 aromatic heterocycles. The van der Waals surface area contributed by atoms with Gasteiger partial charge in [-0.15, -0.1) is 34.5 Å². The fraction of sp³-hybridized carbons (Fsp3) is 0.308. The number of fused-ring (bicyclic) bond motifs is 1. The van der Waals surface area contributed by atoms with Crippen LogP contribution >= 0.6 is 0 Å². The van der Waals surface area contributed by atoms with Gasteiger partial charge < -0.3 is 24.8 Å². The molecule has 0 unspecified atom stereocenters. The Bertz CT molecular complexity index is 432. The molecule has 0 bridgehead atoms. The van der Waals surface area contributed by atoms with Gasteiger partial charge >= 0.3 is 0 Å². The van der Waals surface area contributed by atoms with Crippen LogP contribution in [0.2, 0.25) is 0 Å². The van der Waals surface area contributed by atoms with Crippen molar-refractivity contribution in [2.75, 3.05) is 0 Å². The molecule has 0 spiro atoms. The zero-order valence-corrected chi connectivity index (χ0v) is 14.8. The van der Waals surface area contributed by atoms with Crippen LogP contribution in [0, 0.1) is 6.92 Å². The maximum atomic E-state index is 2.28. The van der Waals surface area contributed by atoms with Gasteiger partial charge in [0.2, 0.25) is 0 Å². The molecule has 0 atom stereocenters. The molecule has 0 amide bonds. The van der Waals surface area contributed by atoms with Crippen LogP contribution in [0.5, 0.6) is 0 Å². The molecule has 0 heterocycles. The zero-order valence-electron chi connectivity index (χ0n) is 9.72. The van der Waals surface area contributed by atoms with Crippen LogP contribution in [0.3, 0.4) is 0 Å². The van der Waals surface area contributed by atoms with Crippen molar-refractivity contribution in [2.24, 2.45) is 0 Å². The van der Waals surface area contributed by atoms with Crippen molar-refractivity contribution in [2.45, 2.75) is 26.7 Å². The number of hydrogen-bond acceptors (Lipinski definition) is 0. The third kappa shape index (κ3) is 3.65. The summed E-state index contributed by atoms with van der Waals surface area (Å²) in [6.07, 6.45) is 0. The summed E-state index contributed by atoms with van der Waals surface area (Å²) in [5.74, 6) is 0.616. The molecule has 2 aromatic carbocycles. The van der Waals surface area contributed by atoms with Crippen LogP contribution in [0.1, 0.15) is 30.9 Å². The molecule has 0 N–H and O–H groups in total. The Kier molecular flexibility index (Phi) is 8.83. The van der Waals surface area contributed by atoms with Gasteiger partial charge in [-0.1, -0.05) is 32.4 Å². The van der Waals surface area contributed by atoms with E-state index in [4.69, 9.17) is 0 Å². The van der Waals surface area contributed by atoms with Gasteiger partial charge in [0.05, 0.1) is 0 Å². The first-order valence-electron chi connectivity index (χ1n) is 4.84. The summed E-state index contributed by atoms with van der Waals surface area (Å²) >= 11 is 0. The Morgan fingerprint density at radius 2 is 1.75 bits per heavy atom. The average Bonchev–Trinajstić information content (AvgIpc) is 2.43. The summed E-state index contributed by atoms with van der Waals surface area (Å²) in [7, 11) is 0. The summed E-state index contributed by atoms with van der Waals surface area (Å²) in [5, 5.41) is 2.80. The Balaban J connectivity index is 0. The van der Waals surface area contributed by atoms with E-state index in [1.54, 1.807) is 0 Å². The van der Waals surface area contributed by atoms with E-state index in [2.05, 4.69) is 51.1 Å². The van der Waals surface area contributed by atoms with Crippen molar-refractivity contribution in [3.8, 4) is 0 Å². The quantitative estimate of drug-likeness (QED) is 0.370. The zero-order chi connectivity index (χ0) is 9.42. The fourth-order valence-electron chi connectivity index (χ4n) is 1.91. The first kappa shape index (κ1) is 18.6. The molecule has 3 heteroatoms. The Labute approximate surface area is 129 Å².